The Bertz CT molecular complexity index is 4090. The van der Waals surface area contributed by atoms with E-state index in [0.29, 0.717) is 38.9 Å². The number of aliphatic hydroxyl groups is 4. The quantitative estimate of drug-likeness (QED) is 0.0432. The first-order valence-electron chi connectivity index (χ1n) is 24.7. The van der Waals surface area contributed by atoms with Crippen molar-refractivity contribution in [1.29, 1.82) is 0 Å². The van der Waals surface area contributed by atoms with Gasteiger partial charge in [0.25, 0.3) is 30.4 Å². The summed E-state index contributed by atoms with van der Waals surface area (Å²) >= 11 is 5.61. The number of hydrogen-bond acceptors (Lipinski definition) is 15. The van der Waals surface area contributed by atoms with Crippen molar-refractivity contribution in [2.45, 2.75) is 56.6 Å². The van der Waals surface area contributed by atoms with Crippen molar-refractivity contribution in [3.8, 4) is 28.2 Å². The Morgan fingerprint density at radius 1 is 0.625 bits per heavy atom. The molecule has 7 aliphatic rings. The first-order chi connectivity index (χ1) is 37.7. The van der Waals surface area contributed by atoms with Gasteiger partial charge in [-0.05, 0) is 137 Å². The molecule has 1 fully saturated rings. The van der Waals surface area contributed by atoms with Crippen LogP contribution in [-0.4, -0.2) is 105 Å². The van der Waals surface area contributed by atoms with Gasteiger partial charge in [0.05, 0.1) is 44.7 Å². The minimum absolute atomic E-state index is 0.0544. The molecular formula is C56H50N2O18S4. The average Bonchev–Trinajstić information content (AvgIpc) is 3.41. The third-order valence-electron chi connectivity index (χ3n) is 15.0. The van der Waals surface area contributed by atoms with Gasteiger partial charge in [0.2, 0.25) is 0 Å². The topological polar surface area (TPSA) is 356 Å². The van der Waals surface area contributed by atoms with Gasteiger partial charge in [-0.1, -0.05) is 60.7 Å². The molecule has 24 heteroatoms. The maximum atomic E-state index is 12.8. The summed E-state index contributed by atoms with van der Waals surface area (Å²) in [6.07, 6.45) is 2.12. The van der Waals surface area contributed by atoms with Crippen molar-refractivity contribution in [2.24, 2.45) is 23.7 Å². The minimum Gasteiger partial charge on any atom is -0.508 e. The van der Waals surface area contributed by atoms with E-state index in [0.717, 1.165) is 42.0 Å². The molecule has 1 aliphatic heterocycles. The summed E-state index contributed by atoms with van der Waals surface area (Å²) in [5.74, 6) is -5.66. The predicted octanol–water partition coefficient (Wildman–Crippen LogP) is 6.40. The fraction of sp³-hybridized carbons (Fsp3) is 0.232. The normalized spacial score (nSPS) is 24.4. The van der Waals surface area contributed by atoms with Gasteiger partial charge in [0.1, 0.15) is 17.1 Å². The number of benzene rings is 4. The average molecular weight is 1170 g/mol. The number of thiocarbonyl (C=S) groups is 1. The van der Waals surface area contributed by atoms with Crippen LogP contribution in [0.2, 0.25) is 0 Å². The van der Waals surface area contributed by atoms with Crippen LogP contribution in [0.4, 0.5) is 5.69 Å². The Labute approximate surface area is 462 Å². The summed E-state index contributed by atoms with van der Waals surface area (Å²) in [4.78, 5) is 23.2. The zero-order valence-corrected chi connectivity index (χ0v) is 44.9. The van der Waals surface area contributed by atoms with Crippen molar-refractivity contribution in [3.63, 3.8) is 0 Å². The third kappa shape index (κ3) is 11.6. The van der Waals surface area contributed by atoms with Gasteiger partial charge in [0, 0.05) is 64.5 Å². The minimum atomic E-state index is -4.97. The van der Waals surface area contributed by atoms with E-state index in [1.807, 2.05) is 0 Å². The number of carboxylic acid groups (broad SMARTS) is 1. The van der Waals surface area contributed by atoms with Gasteiger partial charge in [-0.25, -0.2) is 4.79 Å². The van der Waals surface area contributed by atoms with E-state index in [1.54, 1.807) is 60.7 Å². The Morgan fingerprint density at radius 3 is 1.75 bits per heavy atom. The van der Waals surface area contributed by atoms with Crippen LogP contribution in [0.1, 0.15) is 47.2 Å². The van der Waals surface area contributed by atoms with E-state index in [-0.39, 0.29) is 74.9 Å². The zero-order valence-electron chi connectivity index (χ0n) is 41.6. The first kappa shape index (κ1) is 56.1. The Balaban J connectivity index is 0.934. The molecule has 10 rings (SSSR count). The molecule has 6 aliphatic carbocycles. The highest BCUT2D eigenvalue weighted by Gasteiger charge is 2.40. The number of rotatable bonds is 9. The lowest BCUT2D eigenvalue weighted by atomic mass is 9.72. The highest BCUT2D eigenvalue weighted by molar-refractivity contribution is 7.90. The molecule has 3 aromatic carbocycles. The molecule has 80 heavy (non-hydrogen) atoms. The van der Waals surface area contributed by atoms with Crippen LogP contribution in [0, 0.1) is 23.7 Å². The van der Waals surface area contributed by atoms with E-state index in [1.165, 1.54) is 30.3 Å². The summed E-state index contributed by atoms with van der Waals surface area (Å²) < 4.78 is 113. The molecule has 8 atom stereocenters. The summed E-state index contributed by atoms with van der Waals surface area (Å²) in [7, 11) is -14.9. The highest BCUT2D eigenvalue weighted by atomic mass is 32.2. The van der Waals surface area contributed by atoms with Crippen molar-refractivity contribution < 1.29 is 78.8 Å². The molecule has 0 amide bonds. The number of hydrogen-bond donors (Lipinski definition) is 11. The van der Waals surface area contributed by atoms with Gasteiger partial charge < -0.3 is 45.7 Å². The SMILES string of the molecule is O=C(O)c1cc(NC(=S)NCc2ccc(C3=CC4CC5C=C(S(=O)(=O)O)C=C(CC6C=C(S(=O)(=O)O)C=C(CC7=CC(S(=O)(=O)O)=CC(CC(=C3)C4O)C7O)C6O)C5O)cc2)ccc1-c1c2ccc(=O)cc-2oc2cc(O)ccc12. The lowest BCUT2D eigenvalue weighted by Gasteiger charge is -2.37. The number of phenolic OH excluding ortho intramolecular Hbond substituents is 1. The van der Waals surface area contributed by atoms with Gasteiger partial charge >= 0.3 is 5.97 Å². The number of carboxylic acids is 1. The molecule has 0 spiro atoms. The standard InChI is InChI=1S/C56H50N2O18S4/c59-39-6-9-45-48(24-39)76-49-25-40(60)7-10-46(49)50(45)44-8-5-38(23-47(44)55(65)66)58-56(77)57-26-27-1-3-28(4-2-27)29-11-30-13-32-17-41(78(67,68)69)19-34(52(32)62)15-36-21-43(80(73,74)75)22-37(54(36)64)16-35-20-42(79(70,71)72)18-33(53(35)63)14-31(12-29)51(30)61/h1-12,17-25,30,32-33,36,51-54,59,61-64H,13-16,26H2,(H,65,66)(H2,57,58,77)(H,67,68,69)(H,70,71,72)(H,73,74,75). The molecule has 8 bridgehead atoms. The number of aromatic carboxylic acids is 1. The highest BCUT2D eigenvalue weighted by Crippen LogP contribution is 2.46. The molecule has 1 saturated carbocycles. The molecule has 8 unspecified atom stereocenters. The van der Waals surface area contributed by atoms with E-state index >= 15 is 0 Å². The number of phenols is 1. The Hall–Kier alpha value is -7.20. The van der Waals surface area contributed by atoms with Gasteiger partial charge in [-0.15, -0.1) is 0 Å². The van der Waals surface area contributed by atoms with Crippen molar-refractivity contribution in [1.82, 2.24) is 5.32 Å². The molecule has 11 N–H and O–H groups in total. The smallest absolute Gasteiger partial charge is 0.336 e. The second-order valence-corrected chi connectivity index (χ2v) is 24.9. The second-order valence-electron chi connectivity index (χ2n) is 20.3. The van der Waals surface area contributed by atoms with Crippen molar-refractivity contribution in [3.05, 3.63) is 191 Å². The number of fused-ring (bicyclic) bond motifs is 10. The van der Waals surface area contributed by atoms with Crippen LogP contribution in [-0.2, 0) is 36.9 Å². The summed E-state index contributed by atoms with van der Waals surface area (Å²) in [6.45, 7) is 0.176. The lowest BCUT2D eigenvalue weighted by Crippen LogP contribution is -2.36. The van der Waals surface area contributed by atoms with Crippen LogP contribution < -0.4 is 16.1 Å². The maximum Gasteiger partial charge on any atom is 0.336 e. The molecular weight excluding hydrogens is 1120 g/mol. The molecule has 0 aromatic heterocycles. The van der Waals surface area contributed by atoms with E-state index in [9.17, 15) is 79.1 Å². The van der Waals surface area contributed by atoms with Crippen molar-refractivity contribution in [2.75, 3.05) is 5.32 Å². The van der Waals surface area contributed by atoms with Crippen LogP contribution in [0.3, 0.4) is 0 Å². The summed E-state index contributed by atoms with van der Waals surface area (Å²) in [5, 5.41) is 75.0. The third-order valence-corrected chi connectivity index (χ3v) is 17.8. The Morgan fingerprint density at radius 2 is 1.16 bits per heavy atom. The number of aromatic hydroxyl groups is 1. The molecule has 0 radical (unpaired) electrons. The first-order valence-corrected chi connectivity index (χ1v) is 29.5. The van der Waals surface area contributed by atoms with E-state index < -0.39 is 112 Å². The van der Waals surface area contributed by atoms with Crippen LogP contribution in [0.5, 0.6) is 5.75 Å². The van der Waals surface area contributed by atoms with Crippen LogP contribution in [0.25, 0.3) is 39.0 Å². The van der Waals surface area contributed by atoms with Gasteiger partial charge in [-0.2, -0.15) is 25.3 Å². The zero-order chi connectivity index (χ0) is 57.3. The van der Waals surface area contributed by atoms with E-state index in [4.69, 9.17) is 16.6 Å². The van der Waals surface area contributed by atoms with Gasteiger partial charge in [0.15, 0.2) is 10.5 Å². The van der Waals surface area contributed by atoms with E-state index in [2.05, 4.69) is 10.6 Å². The lowest BCUT2D eigenvalue weighted by molar-refractivity contribution is 0.0697. The fourth-order valence-corrected chi connectivity index (χ4v) is 13.2. The maximum absolute atomic E-state index is 12.8. The fourth-order valence-electron chi connectivity index (χ4n) is 11.1. The number of allylic oxidation sites excluding steroid dienone is 5. The second kappa shape index (κ2) is 21.4. The number of anilines is 1. The molecule has 3 aromatic rings. The largest absolute Gasteiger partial charge is 0.508 e. The summed E-state index contributed by atoms with van der Waals surface area (Å²) in [5.41, 5.74) is 3.21. The predicted molar refractivity (Wildman–Crippen MR) is 298 cm³/mol. The molecule has 20 nitrogen and oxygen atoms in total. The monoisotopic (exact) mass is 1170 g/mol. The molecule has 416 valence electrons. The Kier molecular flexibility index (Phi) is 15.0. The van der Waals surface area contributed by atoms with Crippen LogP contribution >= 0.6 is 12.2 Å². The summed E-state index contributed by atoms with van der Waals surface area (Å²) in [6, 6.07) is 20.3. The number of carbonyl (C=O) groups is 1. The number of aliphatic hydroxyl groups excluding tert-OH is 4. The van der Waals surface area contributed by atoms with Crippen LogP contribution in [0.15, 0.2) is 174 Å². The number of nitrogens with one attached hydrogen (secondary N) is 2. The molecule has 0 saturated heterocycles. The van der Waals surface area contributed by atoms with Crippen molar-refractivity contribution >= 4 is 75.9 Å². The molecule has 1 heterocycles. The van der Waals surface area contributed by atoms with Gasteiger partial charge in [-0.3, -0.25) is 18.5 Å².